The molecule has 0 saturated carbocycles. The fourth-order valence-electron chi connectivity index (χ4n) is 0.859. The summed E-state index contributed by atoms with van der Waals surface area (Å²) in [5.41, 5.74) is -0.0745. The second-order valence-electron chi connectivity index (χ2n) is 2.42. The summed E-state index contributed by atoms with van der Waals surface area (Å²) in [6.45, 7) is 1.86. The first kappa shape index (κ1) is 12.8. The molecule has 0 spiro atoms. The quantitative estimate of drug-likeness (QED) is 0.612. The van der Waals surface area contributed by atoms with Crippen molar-refractivity contribution in [2.24, 2.45) is 0 Å². The Morgan fingerprint density at radius 1 is 1.20 bits per heavy atom. The largest absolute Gasteiger partial charge is 0.462 e. The highest BCUT2D eigenvalue weighted by molar-refractivity contribution is 6.50. The molecule has 7 heteroatoms. The van der Waals surface area contributed by atoms with Crippen molar-refractivity contribution >= 4 is 52.4 Å². The maximum atomic E-state index is 11.4. The average molecular weight is 289 g/mol. The van der Waals surface area contributed by atoms with Gasteiger partial charge in [0.1, 0.15) is 10.7 Å². The maximum absolute atomic E-state index is 11.4. The molecule has 0 amide bonds. The van der Waals surface area contributed by atoms with Crippen molar-refractivity contribution in [1.82, 2.24) is 4.98 Å². The highest BCUT2D eigenvalue weighted by Crippen LogP contribution is 2.35. The zero-order valence-corrected chi connectivity index (χ0v) is 10.5. The molecule has 1 heterocycles. The highest BCUT2D eigenvalue weighted by atomic mass is 35.5. The molecule has 0 aliphatic carbocycles. The van der Waals surface area contributed by atoms with E-state index in [2.05, 4.69) is 4.98 Å². The fourth-order valence-corrected chi connectivity index (χ4v) is 1.83. The van der Waals surface area contributed by atoms with Crippen molar-refractivity contribution < 1.29 is 9.53 Å². The van der Waals surface area contributed by atoms with Gasteiger partial charge in [0, 0.05) is 0 Å². The van der Waals surface area contributed by atoms with Gasteiger partial charge in [0.05, 0.1) is 16.7 Å². The molecule has 1 aromatic rings. The number of esters is 1. The lowest BCUT2D eigenvalue weighted by atomic mass is 10.3. The van der Waals surface area contributed by atoms with Crippen LogP contribution in [0, 0.1) is 0 Å². The minimum absolute atomic E-state index is 0.0224. The normalized spacial score (nSPS) is 10.2. The van der Waals surface area contributed by atoms with Crippen LogP contribution in [0.5, 0.6) is 0 Å². The Morgan fingerprint density at radius 2 is 1.80 bits per heavy atom. The number of aromatic nitrogens is 1. The van der Waals surface area contributed by atoms with Crippen LogP contribution < -0.4 is 0 Å². The fraction of sp³-hybridized carbons (Fsp3) is 0.250. The molecule has 1 rings (SSSR count). The first-order valence-corrected chi connectivity index (χ1v) is 5.37. The number of carbonyl (C=O) groups excluding carboxylic acids is 1. The number of ether oxygens (including phenoxy) is 1. The van der Waals surface area contributed by atoms with Crippen molar-refractivity contribution in [3.63, 3.8) is 0 Å². The summed E-state index contributed by atoms with van der Waals surface area (Å²) in [6, 6.07) is 0. The number of carbonyl (C=O) groups is 1. The molecule has 0 atom stereocenters. The van der Waals surface area contributed by atoms with Gasteiger partial charge in [-0.05, 0) is 6.92 Å². The molecular formula is C8H5Cl4NO2. The Hall–Kier alpha value is -0.220. The topological polar surface area (TPSA) is 39.2 Å². The van der Waals surface area contributed by atoms with Gasteiger partial charge >= 0.3 is 5.97 Å². The van der Waals surface area contributed by atoms with E-state index >= 15 is 0 Å². The van der Waals surface area contributed by atoms with Gasteiger partial charge in [-0.3, -0.25) is 0 Å². The second-order valence-corrected chi connectivity index (χ2v) is 3.89. The number of pyridine rings is 1. The Bertz CT molecular complexity index is 408. The summed E-state index contributed by atoms with van der Waals surface area (Å²) in [7, 11) is 0. The molecule has 0 aliphatic rings. The number of hydrogen-bond acceptors (Lipinski definition) is 3. The lowest BCUT2D eigenvalue weighted by Gasteiger charge is -2.07. The Morgan fingerprint density at radius 3 is 2.33 bits per heavy atom. The molecule has 0 aromatic carbocycles. The highest BCUT2D eigenvalue weighted by Gasteiger charge is 2.22. The third-order valence-electron chi connectivity index (χ3n) is 1.48. The molecule has 15 heavy (non-hydrogen) atoms. The monoisotopic (exact) mass is 287 g/mol. The van der Waals surface area contributed by atoms with Crippen molar-refractivity contribution in [2.75, 3.05) is 6.61 Å². The molecule has 0 bridgehead atoms. The third-order valence-corrected chi connectivity index (χ3v) is 2.96. The molecule has 82 valence electrons. The number of halogens is 4. The van der Waals surface area contributed by atoms with Gasteiger partial charge < -0.3 is 4.74 Å². The van der Waals surface area contributed by atoms with Gasteiger partial charge in [-0.2, -0.15) is 0 Å². The molecule has 0 unspecified atom stereocenters. The Labute approximate surface area is 106 Å². The average Bonchev–Trinajstić information content (AvgIpc) is 2.15. The standard InChI is InChI=1S/C8H5Cl4NO2/c1-2-15-8(14)3-4(9)5(10)7(12)13-6(3)11/h2H2,1H3. The zero-order valence-electron chi connectivity index (χ0n) is 7.48. The Balaban J connectivity index is 3.29. The minimum atomic E-state index is -0.682. The first-order valence-electron chi connectivity index (χ1n) is 3.86. The predicted molar refractivity (Wildman–Crippen MR) is 60.2 cm³/mol. The van der Waals surface area contributed by atoms with Crippen molar-refractivity contribution in [3.05, 3.63) is 25.9 Å². The van der Waals surface area contributed by atoms with E-state index in [1.54, 1.807) is 6.92 Å². The summed E-state index contributed by atoms with van der Waals surface area (Å²) < 4.78 is 4.73. The molecule has 1 aromatic heterocycles. The number of rotatable bonds is 2. The molecule has 0 N–H and O–H groups in total. The molecule has 3 nitrogen and oxygen atoms in total. The van der Waals surface area contributed by atoms with Gasteiger partial charge in [-0.15, -0.1) is 0 Å². The SMILES string of the molecule is CCOC(=O)c1c(Cl)nc(Cl)c(Cl)c1Cl. The van der Waals surface area contributed by atoms with Crippen LogP contribution in [0.4, 0.5) is 0 Å². The van der Waals surface area contributed by atoms with Gasteiger partial charge in [-0.25, -0.2) is 9.78 Å². The van der Waals surface area contributed by atoms with E-state index in [0.29, 0.717) is 0 Å². The zero-order chi connectivity index (χ0) is 11.6. The van der Waals surface area contributed by atoms with E-state index in [-0.39, 0.29) is 32.5 Å². The van der Waals surface area contributed by atoms with Crippen LogP contribution in [-0.2, 0) is 4.74 Å². The van der Waals surface area contributed by atoms with Gasteiger partial charge in [0.25, 0.3) is 0 Å². The molecular weight excluding hydrogens is 284 g/mol. The van der Waals surface area contributed by atoms with Gasteiger partial charge in [0.15, 0.2) is 5.15 Å². The summed E-state index contributed by atoms with van der Waals surface area (Å²) in [4.78, 5) is 15.1. The van der Waals surface area contributed by atoms with Crippen LogP contribution >= 0.6 is 46.4 Å². The second kappa shape index (κ2) is 5.21. The Kier molecular flexibility index (Phi) is 4.46. The van der Waals surface area contributed by atoms with Crippen molar-refractivity contribution in [1.29, 1.82) is 0 Å². The van der Waals surface area contributed by atoms with E-state index in [9.17, 15) is 4.79 Å². The third kappa shape index (κ3) is 2.67. The van der Waals surface area contributed by atoms with E-state index in [4.69, 9.17) is 51.1 Å². The van der Waals surface area contributed by atoms with E-state index < -0.39 is 5.97 Å². The van der Waals surface area contributed by atoms with Crippen molar-refractivity contribution in [3.8, 4) is 0 Å². The van der Waals surface area contributed by atoms with E-state index in [0.717, 1.165) is 0 Å². The van der Waals surface area contributed by atoms with Crippen LogP contribution in [0.15, 0.2) is 0 Å². The lowest BCUT2D eigenvalue weighted by molar-refractivity contribution is 0.0526. The number of nitrogens with zero attached hydrogens (tertiary/aromatic N) is 1. The van der Waals surface area contributed by atoms with Gasteiger partial charge in [0.2, 0.25) is 0 Å². The molecule has 0 radical (unpaired) electrons. The van der Waals surface area contributed by atoms with Crippen LogP contribution in [0.3, 0.4) is 0 Å². The van der Waals surface area contributed by atoms with E-state index in [1.165, 1.54) is 0 Å². The molecule has 0 aliphatic heterocycles. The minimum Gasteiger partial charge on any atom is -0.462 e. The van der Waals surface area contributed by atoms with Crippen LogP contribution in [0.1, 0.15) is 17.3 Å². The summed E-state index contributed by atoms with van der Waals surface area (Å²) in [6.07, 6.45) is 0. The smallest absolute Gasteiger partial charge is 0.342 e. The van der Waals surface area contributed by atoms with E-state index in [1.807, 2.05) is 0 Å². The van der Waals surface area contributed by atoms with Crippen molar-refractivity contribution in [2.45, 2.75) is 6.92 Å². The molecule has 0 saturated heterocycles. The maximum Gasteiger partial charge on any atom is 0.342 e. The lowest BCUT2D eigenvalue weighted by Crippen LogP contribution is -2.07. The summed E-state index contributed by atoms with van der Waals surface area (Å²) in [5, 5.41) is -0.265. The number of hydrogen-bond donors (Lipinski definition) is 0. The molecule has 0 fully saturated rings. The summed E-state index contributed by atoms with van der Waals surface area (Å²) in [5.74, 6) is -0.682. The van der Waals surface area contributed by atoms with Crippen LogP contribution in [0.25, 0.3) is 0 Å². The summed E-state index contributed by atoms with van der Waals surface area (Å²) >= 11 is 22.8. The van der Waals surface area contributed by atoms with Gasteiger partial charge in [-0.1, -0.05) is 46.4 Å². The predicted octanol–water partition coefficient (Wildman–Crippen LogP) is 3.87. The van der Waals surface area contributed by atoms with Crippen LogP contribution in [0.2, 0.25) is 20.4 Å². The van der Waals surface area contributed by atoms with Crippen LogP contribution in [-0.4, -0.2) is 17.6 Å². The first-order chi connectivity index (χ1) is 6.99.